The molecule has 1 aromatic heterocycles. The molecule has 1 amide bonds. The van der Waals surface area contributed by atoms with E-state index < -0.39 is 0 Å². The highest BCUT2D eigenvalue weighted by molar-refractivity contribution is 9.09. The van der Waals surface area contributed by atoms with Crippen molar-refractivity contribution in [3.63, 3.8) is 0 Å². The molecular weight excluding hydrogens is 298 g/mol. The Labute approximate surface area is 115 Å². The Balaban J connectivity index is 2.90. The SMILES string of the molecule is Cc1nc(NC(=O)CBr)[nH]c(=O)c1CCC(C)C. The van der Waals surface area contributed by atoms with E-state index in [0.717, 1.165) is 6.42 Å². The Hall–Kier alpha value is -1.17. The highest BCUT2D eigenvalue weighted by Gasteiger charge is 2.10. The van der Waals surface area contributed by atoms with Gasteiger partial charge in [0, 0.05) is 11.3 Å². The summed E-state index contributed by atoms with van der Waals surface area (Å²) < 4.78 is 0. The van der Waals surface area contributed by atoms with Gasteiger partial charge in [-0.05, 0) is 25.7 Å². The number of halogens is 1. The van der Waals surface area contributed by atoms with Gasteiger partial charge >= 0.3 is 0 Å². The van der Waals surface area contributed by atoms with Gasteiger partial charge in [-0.15, -0.1) is 0 Å². The molecule has 0 saturated heterocycles. The van der Waals surface area contributed by atoms with Crippen molar-refractivity contribution in [3.05, 3.63) is 21.6 Å². The molecule has 1 heterocycles. The minimum Gasteiger partial charge on any atom is -0.295 e. The Morgan fingerprint density at radius 2 is 2.17 bits per heavy atom. The number of nitrogens with zero attached hydrogens (tertiary/aromatic N) is 1. The van der Waals surface area contributed by atoms with Crippen molar-refractivity contribution in [1.82, 2.24) is 9.97 Å². The maximum Gasteiger partial charge on any atom is 0.255 e. The molecule has 1 rings (SSSR count). The Morgan fingerprint density at radius 1 is 1.50 bits per heavy atom. The van der Waals surface area contributed by atoms with Crippen molar-refractivity contribution in [2.24, 2.45) is 5.92 Å². The van der Waals surface area contributed by atoms with Crippen LogP contribution in [0.15, 0.2) is 4.79 Å². The highest BCUT2D eigenvalue weighted by Crippen LogP contribution is 2.09. The van der Waals surface area contributed by atoms with Crippen molar-refractivity contribution in [2.45, 2.75) is 33.6 Å². The highest BCUT2D eigenvalue weighted by atomic mass is 79.9. The molecule has 0 fully saturated rings. The fourth-order valence-electron chi connectivity index (χ4n) is 1.56. The summed E-state index contributed by atoms with van der Waals surface area (Å²) in [6.45, 7) is 6.01. The summed E-state index contributed by atoms with van der Waals surface area (Å²) in [6.07, 6.45) is 1.65. The van der Waals surface area contributed by atoms with Gasteiger partial charge in [0.2, 0.25) is 11.9 Å². The first-order valence-corrected chi connectivity index (χ1v) is 7.01. The minimum absolute atomic E-state index is 0.171. The number of nitrogens with one attached hydrogen (secondary N) is 2. The van der Waals surface area contributed by atoms with E-state index in [1.165, 1.54) is 0 Å². The van der Waals surface area contributed by atoms with E-state index in [-0.39, 0.29) is 22.7 Å². The smallest absolute Gasteiger partial charge is 0.255 e. The van der Waals surface area contributed by atoms with Crippen molar-refractivity contribution in [2.75, 3.05) is 10.6 Å². The van der Waals surface area contributed by atoms with E-state index in [1.54, 1.807) is 6.92 Å². The molecule has 0 aliphatic carbocycles. The van der Waals surface area contributed by atoms with Crippen LogP contribution < -0.4 is 10.9 Å². The van der Waals surface area contributed by atoms with Crippen molar-refractivity contribution in [3.8, 4) is 0 Å². The lowest BCUT2D eigenvalue weighted by Gasteiger charge is -2.08. The first kappa shape index (κ1) is 14.9. The van der Waals surface area contributed by atoms with Crippen LogP contribution in [0.3, 0.4) is 0 Å². The summed E-state index contributed by atoms with van der Waals surface area (Å²) in [4.78, 5) is 29.8. The molecule has 5 nitrogen and oxygen atoms in total. The van der Waals surface area contributed by atoms with E-state index >= 15 is 0 Å². The lowest BCUT2D eigenvalue weighted by molar-refractivity contribution is -0.113. The molecule has 0 unspecified atom stereocenters. The maximum atomic E-state index is 11.9. The molecule has 0 aliphatic rings. The number of alkyl halides is 1. The molecule has 0 saturated carbocycles. The Kier molecular flexibility index (Phi) is 5.53. The van der Waals surface area contributed by atoms with Crippen LogP contribution in [0.4, 0.5) is 5.95 Å². The summed E-state index contributed by atoms with van der Waals surface area (Å²) in [5.74, 6) is 0.499. The molecule has 2 N–H and O–H groups in total. The zero-order valence-corrected chi connectivity index (χ0v) is 12.4. The van der Waals surface area contributed by atoms with E-state index in [2.05, 4.69) is 45.1 Å². The molecule has 0 radical (unpaired) electrons. The topological polar surface area (TPSA) is 74.8 Å². The van der Waals surface area contributed by atoms with Gasteiger partial charge in [0.25, 0.3) is 5.56 Å². The van der Waals surface area contributed by atoms with E-state index in [0.29, 0.717) is 23.6 Å². The summed E-state index contributed by atoms with van der Waals surface area (Å²) in [7, 11) is 0. The van der Waals surface area contributed by atoms with Gasteiger partial charge in [-0.1, -0.05) is 29.8 Å². The number of anilines is 1. The maximum absolute atomic E-state index is 11.9. The van der Waals surface area contributed by atoms with Crippen molar-refractivity contribution in [1.29, 1.82) is 0 Å². The van der Waals surface area contributed by atoms with Gasteiger partial charge in [-0.2, -0.15) is 0 Å². The van der Waals surface area contributed by atoms with Crippen LogP contribution in [0.2, 0.25) is 0 Å². The number of hydrogen-bond acceptors (Lipinski definition) is 3. The molecule has 100 valence electrons. The van der Waals surface area contributed by atoms with E-state index in [4.69, 9.17) is 0 Å². The number of carbonyl (C=O) groups excluding carboxylic acids is 1. The zero-order chi connectivity index (χ0) is 13.7. The molecule has 0 atom stereocenters. The van der Waals surface area contributed by atoms with Crippen LogP contribution in [0.25, 0.3) is 0 Å². The van der Waals surface area contributed by atoms with Crippen molar-refractivity contribution >= 4 is 27.8 Å². The minimum atomic E-state index is -0.243. The number of amides is 1. The third-order valence-corrected chi connectivity index (χ3v) is 3.08. The lowest BCUT2D eigenvalue weighted by atomic mass is 10.0. The van der Waals surface area contributed by atoms with Gasteiger partial charge in [0.05, 0.1) is 5.33 Å². The monoisotopic (exact) mass is 315 g/mol. The fourth-order valence-corrected chi connectivity index (χ4v) is 1.70. The number of aryl methyl sites for hydroxylation is 1. The standard InChI is InChI=1S/C12H18BrN3O2/c1-7(2)4-5-9-8(3)14-12(16-11(9)18)15-10(17)6-13/h7H,4-6H2,1-3H3,(H2,14,15,16,17,18). The van der Waals surface area contributed by atoms with E-state index in [9.17, 15) is 9.59 Å². The number of H-pyrrole nitrogens is 1. The number of aromatic nitrogens is 2. The van der Waals surface area contributed by atoms with Gasteiger partial charge in [-0.3, -0.25) is 19.9 Å². The number of hydrogen-bond donors (Lipinski definition) is 2. The summed E-state index contributed by atoms with van der Waals surface area (Å²) >= 11 is 3.03. The van der Waals surface area contributed by atoms with Crippen LogP contribution in [0.1, 0.15) is 31.5 Å². The molecule has 1 aromatic rings. The Morgan fingerprint density at radius 3 is 2.67 bits per heavy atom. The van der Waals surface area contributed by atoms with Crippen LogP contribution in [-0.4, -0.2) is 21.2 Å². The number of rotatable bonds is 5. The van der Waals surface area contributed by atoms with Gasteiger partial charge in [0.1, 0.15) is 0 Å². The molecule has 0 aromatic carbocycles. The second kappa shape index (κ2) is 6.68. The average Bonchev–Trinajstić information content (AvgIpc) is 2.27. The van der Waals surface area contributed by atoms with Crippen LogP contribution in [-0.2, 0) is 11.2 Å². The second-order valence-electron chi connectivity index (χ2n) is 4.59. The molecule has 0 aliphatic heterocycles. The van der Waals surface area contributed by atoms with Gasteiger partial charge < -0.3 is 0 Å². The molecule has 0 spiro atoms. The first-order valence-electron chi connectivity index (χ1n) is 5.89. The fraction of sp³-hybridized carbons (Fsp3) is 0.583. The molecular formula is C12H18BrN3O2. The summed E-state index contributed by atoms with van der Waals surface area (Å²) in [6, 6.07) is 0. The average molecular weight is 316 g/mol. The van der Waals surface area contributed by atoms with Crippen LogP contribution in [0.5, 0.6) is 0 Å². The largest absolute Gasteiger partial charge is 0.295 e. The van der Waals surface area contributed by atoms with E-state index in [1.807, 2.05) is 0 Å². The van der Waals surface area contributed by atoms with Crippen LogP contribution >= 0.6 is 15.9 Å². The molecule has 0 bridgehead atoms. The first-order chi connectivity index (χ1) is 8.43. The number of aromatic amines is 1. The van der Waals surface area contributed by atoms with Gasteiger partial charge in [0.15, 0.2) is 0 Å². The number of carbonyl (C=O) groups is 1. The normalized spacial score (nSPS) is 10.7. The van der Waals surface area contributed by atoms with Crippen LogP contribution in [0, 0.1) is 12.8 Å². The zero-order valence-electron chi connectivity index (χ0n) is 10.8. The molecule has 18 heavy (non-hydrogen) atoms. The second-order valence-corrected chi connectivity index (χ2v) is 5.15. The lowest BCUT2D eigenvalue weighted by Crippen LogP contribution is -2.22. The Bertz CT molecular complexity index is 483. The predicted molar refractivity (Wildman–Crippen MR) is 75.2 cm³/mol. The summed E-state index contributed by atoms with van der Waals surface area (Å²) in [5.41, 5.74) is 1.19. The summed E-state index contributed by atoms with van der Waals surface area (Å²) in [5, 5.41) is 2.68. The van der Waals surface area contributed by atoms with Gasteiger partial charge in [-0.25, -0.2) is 4.98 Å². The molecule has 6 heteroatoms. The third-order valence-electron chi connectivity index (χ3n) is 2.57. The third kappa shape index (κ3) is 4.25. The predicted octanol–water partition coefficient (Wildman–Crippen LogP) is 2.00. The quantitative estimate of drug-likeness (QED) is 0.816. The van der Waals surface area contributed by atoms with Crippen molar-refractivity contribution < 1.29 is 4.79 Å².